The standard InChI is InChI=1S/C18H18FNS/c19-15-6-3-5-13-12(15)8-9-16(13)20-17-10-11-21-18-7-2-1-4-14(17)18/h1-7,16-17,20H,8-11H2. The maximum Gasteiger partial charge on any atom is 0.126 e. The minimum atomic E-state index is -0.0450. The van der Waals surface area contributed by atoms with Crippen molar-refractivity contribution >= 4 is 11.8 Å². The third kappa shape index (κ3) is 2.39. The van der Waals surface area contributed by atoms with E-state index in [0.29, 0.717) is 6.04 Å². The van der Waals surface area contributed by atoms with Crippen molar-refractivity contribution in [1.29, 1.82) is 0 Å². The molecule has 2 atom stereocenters. The Labute approximate surface area is 129 Å². The van der Waals surface area contributed by atoms with Crippen LogP contribution in [-0.2, 0) is 6.42 Å². The third-order valence-electron chi connectivity index (χ3n) is 4.57. The number of rotatable bonds is 2. The molecule has 1 heterocycles. The molecule has 21 heavy (non-hydrogen) atoms. The Morgan fingerprint density at radius 1 is 0.952 bits per heavy atom. The Morgan fingerprint density at radius 2 is 1.76 bits per heavy atom. The van der Waals surface area contributed by atoms with Gasteiger partial charge in [-0.25, -0.2) is 4.39 Å². The fourth-order valence-electron chi connectivity index (χ4n) is 3.54. The van der Waals surface area contributed by atoms with Crippen LogP contribution in [-0.4, -0.2) is 5.75 Å². The van der Waals surface area contributed by atoms with E-state index in [1.807, 2.05) is 17.8 Å². The van der Waals surface area contributed by atoms with Crippen molar-refractivity contribution in [3.05, 3.63) is 65.0 Å². The number of halogens is 1. The minimum absolute atomic E-state index is 0.0450. The molecule has 4 rings (SSSR count). The molecule has 0 saturated heterocycles. The van der Waals surface area contributed by atoms with Crippen LogP contribution in [0.5, 0.6) is 0 Å². The summed E-state index contributed by atoms with van der Waals surface area (Å²) in [7, 11) is 0. The number of hydrogen-bond donors (Lipinski definition) is 1. The van der Waals surface area contributed by atoms with Crippen LogP contribution >= 0.6 is 11.8 Å². The summed E-state index contributed by atoms with van der Waals surface area (Å²) in [6.45, 7) is 0. The normalized spacial score (nSPS) is 23.7. The van der Waals surface area contributed by atoms with Gasteiger partial charge in [0, 0.05) is 17.0 Å². The van der Waals surface area contributed by atoms with Crippen molar-refractivity contribution in [3.63, 3.8) is 0 Å². The summed E-state index contributed by atoms with van der Waals surface area (Å²) in [4.78, 5) is 1.39. The molecule has 1 aliphatic carbocycles. The molecule has 2 aliphatic rings. The lowest BCUT2D eigenvalue weighted by atomic mass is 10.0. The lowest BCUT2D eigenvalue weighted by Crippen LogP contribution is -2.27. The Morgan fingerprint density at radius 3 is 2.71 bits per heavy atom. The van der Waals surface area contributed by atoms with Crippen LogP contribution in [0.3, 0.4) is 0 Å². The van der Waals surface area contributed by atoms with E-state index in [-0.39, 0.29) is 11.9 Å². The maximum absolute atomic E-state index is 13.9. The molecule has 1 aliphatic heterocycles. The van der Waals surface area contributed by atoms with Crippen LogP contribution in [0, 0.1) is 5.82 Å². The van der Waals surface area contributed by atoms with Crippen molar-refractivity contribution in [2.24, 2.45) is 0 Å². The summed E-state index contributed by atoms with van der Waals surface area (Å²) in [5.74, 6) is 1.11. The fourth-order valence-corrected chi connectivity index (χ4v) is 4.67. The summed E-state index contributed by atoms with van der Waals surface area (Å²) < 4.78 is 13.9. The number of fused-ring (bicyclic) bond motifs is 2. The van der Waals surface area contributed by atoms with Gasteiger partial charge in [0.2, 0.25) is 0 Å². The highest BCUT2D eigenvalue weighted by Gasteiger charge is 2.29. The van der Waals surface area contributed by atoms with Crippen LogP contribution in [0.1, 0.15) is 41.6 Å². The third-order valence-corrected chi connectivity index (χ3v) is 5.70. The molecule has 2 aromatic rings. The zero-order chi connectivity index (χ0) is 14.2. The van der Waals surface area contributed by atoms with E-state index in [9.17, 15) is 4.39 Å². The van der Waals surface area contributed by atoms with Gasteiger partial charge >= 0.3 is 0 Å². The first-order chi connectivity index (χ1) is 10.3. The average Bonchev–Trinajstić information content (AvgIpc) is 2.92. The number of nitrogens with one attached hydrogen (secondary N) is 1. The molecule has 0 bridgehead atoms. The molecule has 2 aromatic carbocycles. The molecule has 0 spiro atoms. The molecule has 1 N–H and O–H groups in total. The Hall–Kier alpha value is -1.32. The smallest absolute Gasteiger partial charge is 0.126 e. The van der Waals surface area contributed by atoms with Crippen LogP contribution in [0.4, 0.5) is 4.39 Å². The van der Waals surface area contributed by atoms with Gasteiger partial charge in [0.05, 0.1) is 0 Å². The second kappa shape index (κ2) is 5.47. The largest absolute Gasteiger partial charge is 0.303 e. The van der Waals surface area contributed by atoms with Crippen LogP contribution < -0.4 is 5.32 Å². The number of benzene rings is 2. The monoisotopic (exact) mass is 299 g/mol. The molecule has 1 nitrogen and oxygen atoms in total. The lowest BCUT2D eigenvalue weighted by molar-refractivity contribution is 0.428. The zero-order valence-electron chi connectivity index (χ0n) is 11.8. The second-order valence-electron chi connectivity index (χ2n) is 5.79. The highest BCUT2D eigenvalue weighted by molar-refractivity contribution is 7.99. The van der Waals surface area contributed by atoms with Crippen molar-refractivity contribution < 1.29 is 4.39 Å². The predicted octanol–water partition coefficient (Wildman–Crippen LogP) is 4.64. The Bertz CT molecular complexity index is 670. The minimum Gasteiger partial charge on any atom is -0.303 e. The van der Waals surface area contributed by atoms with Crippen LogP contribution in [0.15, 0.2) is 47.4 Å². The molecule has 3 heteroatoms. The van der Waals surface area contributed by atoms with Crippen molar-refractivity contribution in [2.45, 2.75) is 36.2 Å². The molecular weight excluding hydrogens is 281 g/mol. The van der Waals surface area contributed by atoms with E-state index < -0.39 is 0 Å². The summed E-state index contributed by atoms with van der Waals surface area (Å²) in [6, 6.07) is 14.8. The highest BCUT2D eigenvalue weighted by atomic mass is 32.2. The van der Waals surface area contributed by atoms with Crippen molar-refractivity contribution in [1.82, 2.24) is 5.32 Å². The maximum atomic E-state index is 13.9. The lowest BCUT2D eigenvalue weighted by Gasteiger charge is -2.29. The zero-order valence-corrected chi connectivity index (χ0v) is 12.6. The van der Waals surface area contributed by atoms with Gasteiger partial charge in [-0.15, -0.1) is 11.8 Å². The van der Waals surface area contributed by atoms with E-state index in [1.165, 1.54) is 10.5 Å². The van der Waals surface area contributed by atoms with Gasteiger partial charge in [-0.1, -0.05) is 30.3 Å². The summed E-state index contributed by atoms with van der Waals surface area (Å²) >= 11 is 1.94. The van der Waals surface area contributed by atoms with Gasteiger partial charge in [-0.3, -0.25) is 0 Å². The predicted molar refractivity (Wildman–Crippen MR) is 85.1 cm³/mol. The second-order valence-corrected chi connectivity index (χ2v) is 6.93. The first-order valence-electron chi connectivity index (χ1n) is 7.58. The van der Waals surface area contributed by atoms with E-state index in [0.717, 1.165) is 36.1 Å². The first kappa shape index (κ1) is 13.4. The Kier molecular flexibility index (Phi) is 3.48. The van der Waals surface area contributed by atoms with E-state index in [2.05, 4.69) is 35.6 Å². The molecule has 2 unspecified atom stereocenters. The Balaban J connectivity index is 1.61. The molecular formula is C18H18FNS. The average molecular weight is 299 g/mol. The molecule has 0 fully saturated rings. The van der Waals surface area contributed by atoms with Crippen molar-refractivity contribution in [3.8, 4) is 0 Å². The molecule has 0 saturated carbocycles. The molecule has 0 aromatic heterocycles. The van der Waals surface area contributed by atoms with E-state index in [1.54, 1.807) is 6.07 Å². The summed E-state index contributed by atoms with van der Waals surface area (Å²) in [5.41, 5.74) is 3.47. The fraction of sp³-hybridized carbons (Fsp3) is 0.333. The van der Waals surface area contributed by atoms with Crippen LogP contribution in [0.25, 0.3) is 0 Å². The summed E-state index contributed by atoms with van der Waals surface area (Å²) in [6.07, 6.45) is 2.99. The first-order valence-corrected chi connectivity index (χ1v) is 8.56. The molecule has 0 amide bonds. The molecule has 0 radical (unpaired) electrons. The summed E-state index contributed by atoms with van der Waals surface area (Å²) in [5, 5.41) is 3.78. The number of hydrogen-bond acceptors (Lipinski definition) is 2. The quantitative estimate of drug-likeness (QED) is 0.867. The highest BCUT2D eigenvalue weighted by Crippen LogP contribution is 2.40. The number of thioether (sulfide) groups is 1. The molecule has 108 valence electrons. The van der Waals surface area contributed by atoms with Gasteiger partial charge in [0.15, 0.2) is 0 Å². The van der Waals surface area contributed by atoms with E-state index >= 15 is 0 Å². The van der Waals surface area contributed by atoms with Gasteiger partial charge in [0.25, 0.3) is 0 Å². The van der Waals surface area contributed by atoms with Gasteiger partial charge in [0.1, 0.15) is 5.82 Å². The van der Waals surface area contributed by atoms with Crippen LogP contribution in [0.2, 0.25) is 0 Å². The topological polar surface area (TPSA) is 12.0 Å². The van der Waals surface area contributed by atoms with Gasteiger partial charge in [-0.05, 0) is 53.8 Å². The van der Waals surface area contributed by atoms with E-state index in [4.69, 9.17) is 0 Å². The van der Waals surface area contributed by atoms with Gasteiger partial charge in [-0.2, -0.15) is 0 Å². The SMILES string of the molecule is Fc1cccc2c1CCC2NC1CCSc2ccccc21. The van der Waals surface area contributed by atoms with Gasteiger partial charge < -0.3 is 5.32 Å². The van der Waals surface area contributed by atoms with Crippen molar-refractivity contribution in [2.75, 3.05) is 5.75 Å².